The maximum atomic E-state index is 12.9. The molecule has 1 aromatic carbocycles. The lowest BCUT2D eigenvalue weighted by Gasteiger charge is -2.32. The summed E-state index contributed by atoms with van der Waals surface area (Å²) >= 11 is 0. The molecule has 8 heteroatoms. The molecule has 1 amide bonds. The number of benzene rings is 1. The SMILES string of the molecule is CCCc1noc(-c2cn(C3CCN(C(=O)c4cc(C)ccc4C)CC3)nn2)n1. The standard InChI is InChI=1S/C21H26N6O2/c1-4-5-19-22-20(29-24-19)18-13-27(25-23-18)16-8-10-26(11-9-16)21(28)17-12-14(2)6-7-15(17)3/h6-7,12-13,16H,4-5,8-11H2,1-3H3. The molecule has 0 unspecified atom stereocenters. The quantitative estimate of drug-likeness (QED) is 0.659. The third-order valence-corrected chi connectivity index (χ3v) is 5.42. The maximum absolute atomic E-state index is 12.9. The summed E-state index contributed by atoms with van der Waals surface area (Å²) in [7, 11) is 0. The number of piperidine rings is 1. The van der Waals surface area contributed by atoms with Crippen LogP contribution in [0.5, 0.6) is 0 Å². The van der Waals surface area contributed by atoms with Gasteiger partial charge in [-0.25, -0.2) is 4.68 Å². The molecular weight excluding hydrogens is 368 g/mol. The summed E-state index contributed by atoms with van der Waals surface area (Å²) in [6.45, 7) is 7.48. The van der Waals surface area contributed by atoms with Crippen molar-refractivity contribution in [2.75, 3.05) is 13.1 Å². The number of likely N-dealkylation sites (tertiary alicyclic amines) is 1. The second-order valence-corrected chi connectivity index (χ2v) is 7.69. The Labute approximate surface area is 169 Å². The van der Waals surface area contributed by atoms with E-state index in [0.29, 0.717) is 30.5 Å². The van der Waals surface area contributed by atoms with Crippen LogP contribution in [0, 0.1) is 13.8 Å². The first kappa shape index (κ1) is 19.3. The Morgan fingerprint density at radius 2 is 2.03 bits per heavy atom. The Morgan fingerprint density at radius 3 is 2.79 bits per heavy atom. The molecule has 2 aromatic heterocycles. The van der Waals surface area contributed by atoms with E-state index < -0.39 is 0 Å². The summed E-state index contributed by atoms with van der Waals surface area (Å²) in [6.07, 6.45) is 5.28. The minimum atomic E-state index is 0.109. The van der Waals surface area contributed by atoms with Crippen molar-refractivity contribution in [1.29, 1.82) is 0 Å². The van der Waals surface area contributed by atoms with Crippen molar-refractivity contribution in [3.63, 3.8) is 0 Å². The predicted octanol–water partition coefficient (Wildman–Crippen LogP) is 3.37. The Morgan fingerprint density at radius 1 is 1.24 bits per heavy atom. The van der Waals surface area contributed by atoms with E-state index in [0.717, 1.165) is 42.4 Å². The topological polar surface area (TPSA) is 89.9 Å². The van der Waals surface area contributed by atoms with E-state index in [2.05, 4.69) is 27.4 Å². The zero-order valence-electron chi connectivity index (χ0n) is 17.1. The van der Waals surface area contributed by atoms with Gasteiger partial charge in [-0.15, -0.1) is 5.10 Å². The van der Waals surface area contributed by atoms with Gasteiger partial charge < -0.3 is 9.42 Å². The molecule has 0 atom stereocenters. The molecule has 29 heavy (non-hydrogen) atoms. The van der Waals surface area contributed by atoms with Gasteiger partial charge in [0, 0.05) is 25.1 Å². The van der Waals surface area contributed by atoms with Crippen molar-refractivity contribution in [2.24, 2.45) is 0 Å². The van der Waals surface area contributed by atoms with Gasteiger partial charge in [0.2, 0.25) is 0 Å². The summed E-state index contributed by atoms with van der Waals surface area (Å²) in [6, 6.07) is 6.23. The second-order valence-electron chi connectivity index (χ2n) is 7.69. The van der Waals surface area contributed by atoms with E-state index in [1.54, 1.807) is 0 Å². The first-order valence-corrected chi connectivity index (χ1v) is 10.2. The number of carbonyl (C=O) groups is 1. The Balaban J connectivity index is 1.40. The molecule has 3 aromatic rings. The van der Waals surface area contributed by atoms with Crippen LogP contribution in [-0.4, -0.2) is 49.0 Å². The van der Waals surface area contributed by atoms with E-state index in [1.165, 1.54) is 0 Å². The van der Waals surface area contributed by atoms with Crippen molar-refractivity contribution in [2.45, 2.75) is 52.5 Å². The fourth-order valence-electron chi connectivity index (χ4n) is 3.71. The largest absolute Gasteiger partial charge is 0.338 e. The Kier molecular flexibility index (Phi) is 5.42. The van der Waals surface area contributed by atoms with E-state index in [4.69, 9.17) is 4.52 Å². The van der Waals surface area contributed by atoms with Gasteiger partial charge in [-0.2, -0.15) is 4.98 Å². The molecular formula is C21H26N6O2. The monoisotopic (exact) mass is 394 g/mol. The molecule has 0 spiro atoms. The Hall–Kier alpha value is -3.03. The highest BCUT2D eigenvalue weighted by Gasteiger charge is 2.26. The number of aryl methyl sites for hydroxylation is 3. The van der Waals surface area contributed by atoms with Gasteiger partial charge >= 0.3 is 0 Å². The van der Waals surface area contributed by atoms with Crippen LogP contribution in [0.25, 0.3) is 11.6 Å². The highest BCUT2D eigenvalue weighted by molar-refractivity contribution is 5.95. The lowest BCUT2D eigenvalue weighted by molar-refractivity contribution is 0.0688. The van der Waals surface area contributed by atoms with Crippen molar-refractivity contribution in [3.8, 4) is 11.6 Å². The van der Waals surface area contributed by atoms with E-state index in [9.17, 15) is 4.79 Å². The van der Waals surface area contributed by atoms with Crippen LogP contribution in [0.4, 0.5) is 0 Å². The average Bonchev–Trinajstić information content (AvgIpc) is 3.39. The molecule has 1 aliphatic rings. The number of amides is 1. The summed E-state index contributed by atoms with van der Waals surface area (Å²) < 4.78 is 7.15. The van der Waals surface area contributed by atoms with Gasteiger partial charge in [0.15, 0.2) is 11.5 Å². The first-order valence-electron chi connectivity index (χ1n) is 10.2. The average molecular weight is 394 g/mol. The zero-order valence-corrected chi connectivity index (χ0v) is 17.1. The molecule has 4 rings (SSSR count). The second kappa shape index (κ2) is 8.14. The van der Waals surface area contributed by atoms with Crippen LogP contribution in [0.3, 0.4) is 0 Å². The van der Waals surface area contributed by atoms with E-state index in [1.807, 2.05) is 47.8 Å². The molecule has 0 aliphatic carbocycles. The third kappa shape index (κ3) is 4.06. The van der Waals surface area contributed by atoms with Crippen LogP contribution in [0.1, 0.15) is 59.5 Å². The fourth-order valence-corrected chi connectivity index (χ4v) is 3.71. The highest BCUT2D eigenvalue weighted by Crippen LogP contribution is 2.25. The van der Waals surface area contributed by atoms with Crippen molar-refractivity contribution in [3.05, 3.63) is 46.9 Å². The van der Waals surface area contributed by atoms with Gasteiger partial charge in [-0.05, 0) is 44.7 Å². The zero-order chi connectivity index (χ0) is 20.4. The molecule has 0 saturated carbocycles. The number of rotatable bonds is 5. The normalized spacial score (nSPS) is 15.1. The highest BCUT2D eigenvalue weighted by atomic mass is 16.5. The molecule has 1 aliphatic heterocycles. The molecule has 0 N–H and O–H groups in total. The van der Waals surface area contributed by atoms with Crippen molar-refractivity contribution < 1.29 is 9.32 Å². The molecule has 8 nitrogen and oxygen atoms in total. The fraction of sp³-hybridized carbons (Fsp3) is 0.476. The number of aromatic nitrogens is 5. The maximum Gasteiger partial charge on any atom is 0.280 e. The number of hydrogen-bond acceptors (Lipinski definition) is 6. The van der Waals surface area contributed by atoms with Crippen LogP contribution in [0.2, 0.25) is 0 Å². The van der Waals surface area contributed by atoms with E-state index in [-0.39, 0.29) is 11.9 Å². The predicted molar refractivity (Wildman–Crippen MR) is 107 cm³/mol. The summed E-state index contributed by atoms with van der Waals surface area (Å²) in [5, 5.41) is 12.4. The summed E-state index contributed by atoms with van der Waals surface area (Å²) in [5.74, 6) is 1.20. The van der Waals surface area contributed by atoms with Crippen molar-refractivity contribution in [1.82, 2.24) is 30.0 Å². The van der Waals surface area contributed by atoms with Crippen LogP contribution in [0.15, 0.2) is 28.9 Å². The molecule has 152 valence electrons. The van der Waals surface area contributed by atoms with Crippen LogP contribution >= 0.6 is 0 Å². The van der Waals surface area contributed by atoms with Crippen molar-refractivity contribution >= 4 is 5.91 Å². The molecule has 1 saturated heterocycles. The molecule has 3 heterocycles. The summed E-state index contributed by atoms with van der Waals surface area (Å²) in [5.41, 5.74) is 3.51. The van der Waals surface area contributed by atoms with Gasteiger partial charge in [-0.1, -0.05) is 35.0 Å². The molecule has 0 radical (unpaired) electrons. The van der Waals surface area contributed by atoms with Crippen LogP contribution < -0.4 is 0 Å². The lowest BCUT2D eigenvalue weighted by atomic mass is 10.0. The summed E-state index contributed by atoms with van der Waals surface area (Å²) in [4.78, 5) is 19.2. The van der Waals surface area contributed by atoms with E-state index >= 15 is 0 Å². The van der Waals surface area contributed by atoms with Crippen LogP contribution in [-0.2, 0) is 6.42 Å². The Bertz CT molecular complexity index is 1000. The minimum Gasteiger partial charge on any atom is -0.338 e. The van der Waals surface area contributed by atoms with Gasteiger partial charge in [0.05, 0.1) is 12.2 Å². The number of hydrogen-bond donors (Lipinski definition) is 0. The minimum absolute atomic E-state index is 0.109. The first-order chi connectivity index (χ1) is 14.0. The molecule has 1 fully saturated rings. The number of carbonyl (C=O) groups excluding carboxylic acids is 1. The lowest BCUT2D eigenvalue weighted by Crippen LogP contribution is -2.39. The van der Waals surface area contributed by atoms with Gasteiger partial charge in [0.25, 0.3) is 11.8 Å². The molecule has 0 bridgehead atoms. The smallest absolute Gasteiger partial charge is 0.280 e. The van der Waals surface area contributed by atoms with Gasteiger partial charge in [0.1, 0.15) is 0 Å². The number of nitrogens with zero attached hydrogens (tertiary/aromatic N) is 6. The van der Waals surface area contributed by atoms with Gasteiger partial charge in [-0.3, -0.25) is 4.79 Å². The third-order valence-electron chi connectivity index (χ3n) is 5.42.